The summed E-state index contributed by atoms with van der Waals surface area (Å²) >= 11 is 0. The number of fused-ring (bicyclic) bond motifs is 1. The van der Waals surface area contributed by atoms with Gasteiger partial charge in [-0.25, -0.2) is 0 Å². The fraction of sp³-hybridized carbons (Fsp3) is 0.308. The van der Waals surface area contributed by atoms with Gasteiger partial charge in [0, 0.05) is 6.42 Å². The maximum Gasteiger partial charge on any atom is 0.280 e. The van der Waals surface area contributed by atoms with Crippen molar-refractivity contribution in [1.82, 2.24) is 9.97 Å². The number of aryl methyl sites for hydroxylation is 1. The SMILES string of the molecule is CCCCc1nc(=O)c2cc(C#N)ccc2[nH]1. The Hall–Kier alpha value is -2.15. The van der Waals surface area contributed by atoms with Crippen LogP contribution in [-0.4, -0.2) is 9.97 Å². The number of rotatable bonds is 3. The van der Waals surface area contributed by atoms with E-state index in [1.165, 1.54) is 0 Å². The predicted octanol–water partition coefficient (Wildman–Crippen LogP) is 2.14. The second-order valence-electron chi connectivity index (χ2n) is 3.96. The summed E-state index contributed by atoms with van der Waals surface area (Å²) in [7, 11) is 0. The molecule has 4 heteroatoms. The van der Waals surface area contributed by atoms with Crippen LogP contribution in [-0.2, 0) is 6.42 Å². The average Bonchev–Trinajstić information content (AvgIpc) is 2.36. The summed E-state index contributed by atoms with van der Waals surface area (Å²) in [4.78, 5) is 18.9. The van der Waals surface area contributed by atoms with E-state index in [1.54, 1.807) is 18.2 Å². The molecule has 0 bridgehead atoms. The molecule has 1 aromatic carbocycles. The van der Waals surface area contributed by atoms with Crippen LogP contribution < -0.4 is 5.56 Å². The molecule has 0 fully saturated rings. The number of aromatic amines is 1. The van der Waals surface area contributed by atoms with Crippen LogP contribution in [0.5, 0.6) is 0 Å². The Morgan fingerprint density at radius 3 is 3.00 bits per heavy atom. The van der Waals surface area contributed by atoms with Gasteiger partial charge in [-0.1, -0.05) is 13.3 Å². The molecule has 0 atom stereocenters. The quantitative estimate of drug-likeness (QED) is 0.873. The molecule has 86 valence electrons. The van der Waals surface area contributed by atoms with E-state index in [4.69, 9.17) is 5.26 Å². The van der Waals surface area contributed by atoms with Gasteiger partial charge < -0.3 is 4.98 Å². The van der Waals surface area contributed by atoms with E-state index in [0.29, 0.717) is 16.8 Å². The summed E-state index contributed by atoms with van der Waals surface area (Å²) in [6.07, 6.45) is 2.85. The molecule has 1 heterocycles. The number of nitriles is 1. The molecule has 0 radical (unpaired) electrons. The number of hydrogen-bond acceptors (Lipinski definition) is 3. The lowest BCUT2D eigenvalue weighted by Gasteiger charge is -2.02. The van der Waals surface area contributed by atoms with Crippen molar-refractivity contribution in [2.24, 2.45) is 0 Å². The first-order valence-electron chi connectivity index (χ1n) is 5.67. The molecule has 4 nitrogen and oxygen atoms in total. The van der Waals surface area contributed by atoms with E-state index < -0.39 is 0 Å². The number of nitrogens with one attached hydrogen (secondary N) is 1. The number of benzene rings is 1. The fourth-order valence-corrected chi connectivity index (χ4v) is 1.73. The zero-order chi connectivity index (χ0) is 12.3. The van der Waals surface area contributed by atoms with Crippen LogP contribution in [0.25, 0.3) is 10.9 Å². The molecular weight excluding hydrogens is 214 g/mol. The minimum absolute atomic E-state index is 0.262. The molecular formula is C13H13N3O. The van der Waals surface area contributed by atoms with Gasteiger partial charge in [0.2, 0.25) is 0 Å². The van der Waals surface area contributed by atoms with Crippen LogP contribution in [0.2, 0.25) is 0 Å². The Balaban J connectivity index is 2.53. The Kier molecular flexibility index (Phi) is 3.20. The lowest BCUT2D eigenvalue weighted by molar-refractivity contribution is 0.753. The normalized spacial score (nSPS) is 10.4. The third-order valence-corrected chi connectivity index (χ3v) is 2.66. The fourth-order valence-electron chi connectivity index (χ4n) is 1.73. The van der Waals surface area contributed by atoms with Crippen molar-refractivity contribution in [2.45, 2.75) is 26.2 Å². The Morgan fingerprint density at radius 2 is 2.29 bits per heavy atom. The van der Waals surface area contributed by atoms with Gasteiger partial charge in [-0.15, -0.1) is 0 Å². The molecule has 0 saturated carbocycles. The van der Waals surface area contributed by atoms with Crippen molar-refractivity contribution in [3.05, 3.63) is 39.9 Å². The van der Waals surface area contributed by atoms with E-state index >= 15 is 0 Å². The summed E-state index contributed by atoms with van der Waals surface area (Å²) in [6, 6.07) is 7.04. The lowest BCUT2D eigenvalue weighted by atomic mass is 10.1. The average molecular weight is 227 g/mol. The van der Waals surface area contributed by atoms with E-state index in [-0.39, 0.29) is 5.56 Å². The largest absolute Gasteiger partial charge is 0.343 e. The van der Waals surface area contributed by atoms with Gasteiger partial charge in [-0.3, -0.25) is 4.79 Å². The van der Waals surface area contributed by atoms with Crippen molar-refractivity contribution < 1.29 is 0 Å². The topological polar surface area (TPSA) is 69.5 Å². The molecule has 0 amide bonds. The third kappa shape index (κ3) is 2.34. The van der Waals surface area contributed by atoms with Gasteiger partial charge in [-0.05, 0) is 24.6 Å². The third-order valence-electron chi connectivity index (χ3n) is 2.66. The minimum Gasteiger partial charge on any atom is -0.343 e. The molecule has 1 N–H and O–H groups in total. The van der Waals surface area contributed by atoms with Crippen molar-refractivity contribution in [2.75, 3.05) is 0 Å². The summed E-state index contributed by atoms with van der Waals surface area (Å²) in [5, 5.41) is 9.25. The van der Waals surface area contributed by atoms with Gasteiger partial charge in [0.1, 0.15) is 5.82 Å². The van der Waals surface area contributed by atoms with Crippen LogP contribution >= 0.6 is 0 Å². The minimum atomic E-state index is -0.262. The molecule has 2 rings (SSSR count). The second kappa shape index (κ2) is 4.79. The molecule has 0 spiro atoms. The highest BCUT2D eigenvalue weighted by molar-refractivity contribution is 5.78. The van der Waals surface area contributed by atoms with Crippen LogP contribution in [0, 0.1) is 11.3 Å². The number of H-pyrrole nitrogens is 1. The van der Waals surface area contributed by atoms with Crippen LogP contribution in [0.1, 0.15) is 31.2 Å². The Bertz CT molecular complexity index is 637. The number of nitrogens with zero attached hydrogens (tertiary/aromatic N) is 2. The zero-order valence-electron chi connectivity index (χ0n) is 9.66. The highest BCUT2D eigenvalue weighted by Crippen LogP contribution is 2.10. The van der Waals surface area contributed by atoms with Crippen LogP contribution in [0.4, 0.5) is 0 Å². The molecule has 0 unspecified atom stereocenters. The highest BCUT2D eigenvalue weighted by atomic mass is 16.1. The van der Waals surface area contributed by atoms with E-state index in [0.717, 1.165) is 24.8 Å². The van der Waals surface area contributed by atoms with Crippen molar-refractivity contribution in [3.63, 3.8) is 0 Å². The number of aromatic nitrogens is 2. The van der Waals surface area contributed by atoms with Crippen molar-refractivity contribution >= 4 is 10.9 Å². The Labute approximate surface area is 98.9 Å². The molecule has 0 aliphatic rings. The summed E-state index contributed by atoms with van der Waals surface area (Å²) < 4.78 is 0. The van der Waals surface area contributed by atoms with E-state index in [2.05, 4.69) is 16.9 Å². The smallest absolute Gasteiger partial charge is 0.280 e. The lowest BCUT2D eigenvalue weighted by Crippen LogP contribution is -2.12. The van der Waals surface area contributed by atoms with Gasteiger partial charge in [-0.2, -0.15) is 10.2 Å². The first-order chi connectivity index (χ1) is 8.24. The van der Waals surface area contributed by atoms with E-state index in [9.17, 15) is 4.79 Å². The summed E-state index contributed by atoms with van der Waals surface area (Å²) in [5.41, 5.74) is 0.961. The summed E-state index contributed by atoms with van der Waals surface area (Å²) in [5.74, 6) is 0.717. The van der Waals surface area contributed by atoms with Crippen LogP contribution in [0.3, 0.4) is 0 Å². The van der Waals surface area contributed by atoms with Gasteiger partial charge in [0.25, 0.3) is 5.56 Å². The molecule has 0 saturated heterocycles. The maximum absolute atomic E-state index is 11.8. The highest BCUT2D eigenvalue weighted by Gasteiger charge is 2.04. The molecule has 2 aromatic rings. The first-order valence-corrected chi connectivity index (χ1v) is 5.67. The molecule has 17 heavy (non-hydrogen) atoms. The first kappa shape index (κ1) is 11.3. The molecule has 0 aliphatic carbocycles. The summed E-state index contributed by atoms with van der Waals surface area (Å²) in [6.45, 7) is 2.10. The van der Waals surface area contributed by atoms with Gasteiger partial charge >= 0.3 is 0 Å². The Morgan fingerprint density at radius 1 is 1.47 bits per heavy atom. The zero-order valence-corrected chi connectivity index (χ0v) is 9.66. The predicted molar refractivity (Wildman–Crippen MR) is 65.7 cm³/mol. The number of hydrogen-bond donors (Lipinski definition) is 1. The van der Waals surface area contributed by atoms with Gasteiger partial charge in [0.15, 0.2) is 0 Å². The van der Waals surface area contributed by atoms with Gasteiger partial charge in [0.05, 0.1) is 22.5 Å². The van der Waals surface area contributed by atoms with E-state index in [1.807, 2.05) is 6.07 Å². The second-order valence-corrected chi connectivity index (χ2v) is 3.96. The van der Waals surface area contributed by atoms with Crippen molar-refractivity contribution in [3.8, 4) is 6.07 Å². The monoisotopic (exact) mass is 227 g/mol. The molecule has 1 aromatic heterocycles. The van der Waals surface area contributed by atoms with Crippen molar-refractivity contribution in [1.29, 1.82) is 5.26 Å². The maximum atomic E-state index is 11.8. The van der Waals surface area contributed by atoms with Crippen LogP contribution in [0.15, 0.2) is 23.0 Å². The standard InChI is InChI=1S/C13H13N3O/c1-2-3-4-12-15-11-6-5-9(8-14)7-10(11)13(17)16-12/h5-7H,2-4H2,1H3,(H,15,16,17). The number of unbranched alkanes of at least 4 members (excludes halogenated alkanes) is 1. The molecule has 0 aliphatic heterocycles.